The lowest BCUT2D eigenvalue weighted by Crippen LogP contribution is -2.14. The van der Waals surface area contributed by atoms with Gasteiger partial charge in [-0.25, -0.2) is 0 Å². The zero-order valence-corrected chi connectivity index (χ0v) is 11.7. The fourth-order valence-corrected chi connectivity index (χ4v) is 2.28. The summed E-state index contributed by atoms with van der Waals surface area (Å²) in [7, 11) is 0. The second-order valence-electron chi connectivity index (χ2n) is 5.47. The highest BCUT2D eigenvalue weighted by Gasteiger charge is 2.08. The standard InChI is InChI=1S/C17H22N2/c1-13(2)10-14-6-5-7-15(11-14)17(18)12-16-8-3-4-9-19-16/h3-9,11,13,17H,10,12,18H2,1-2H3. The van der Waals surface area contributed by atoms with E-state index in [1.54, 1.807) is 0 Å². The van der Waals surface area contributed by atoms with Crippen LogP contribution in [0.4, 0.5) is 0 Å². The Morgan fingerprint density at radius 3 is 2.58 bits per heavy atom. The Labute approximate surface area is 115 Å². The summed E-state index contributed by atoms with van der Waals surface area (Å²) in [4.78, 5) is 4.34. The molecule has 0 aliphatic heterocycles. The van der Waals surface area contributed by atoms with E-state index < -0.39 is 0 Å². The van der Waals surface area contributed by atoms with Crippen LogP contribution in [0.25, 0.3) is 0 Å². The molecule has 2 nitrogen and oxygen atoms in total. The maximum absolute atomic E-state index is 6.29. The number of hydrogen-bond donors (Lipinski definition) is 1. The largest absolute Gasteiger partial charge is 0.324 e. The predicted molar refractivity (Wildman–Crippen MR) is 79.9 cm³/mol. The highest BCUT2D eigenvalue weighted by Crippen LogP contribution is 2.18. The first-order chi connectivity index (χ1) is 9.15. The molecule has 1 unspecified atom stereocenters. The van der Waals surface area contributed by atoms with Gasteiger partial charge in [-0.2, -0.15) is 0 Å². The van der Waals surface area contributed by atoms with E-state index in [2.05, 4.69) is 43.1 Å². The highest BCUT2D eigenvalue weighted by molar-refractivity contribution is 5.27. The van der Waals surface area contributed by atoms with E-state index in [9.17, 15) is 0 Å². The summed E-state index contributed by atoms with van der Waals surface area (Å²) in [6, 6.07) is 14.6. The summed E-state index contributed by atoms with van der Waals surface area (Å²) in [6.45, 7) is 4.47. The van der Waals surface area contributed by atoms with Gasteiger partial charge in [-0.1, -0.05) is 44.2 Å². The molecule has 0 aliphatic rings. The minimum atomic E-state index is 0.0158. The number of rotatable bonds is 5. The molecule has 2 rings (SSSR count). The molecule has 1 heterocycles. The molecule has 0 saturated carbocycles. The van der Waals surface area contributed by atoms with Crippen molar-refractivity contribution in [2.24, 2.45) is 11.7 Å². The number of nitrogens with zero attached hydrogens (tertiary/aromatic N) is 1. The van der Waals surface area contributed by atoms with Crippen molar-refractivity contribution in [2.75, 3.05) is 0 Å². The van der Waals surface area contributed by atoms with E-state index in [4.69, 9.17) is 5.73 Å². The summed E-state index contributed by atoms with van der Waals surface area (Å²) in [5.41, 5.74) is 9.90. The van der Waals surface area contributed by atoms with Gasteiger partial charge in [-0.05, 0) is 35.6 Å². The molecule has 2 aromatic rings. The number of benzene rings is 1. The Morgan fingerprint density at radius 2 is 1.89 bits per heavy atom. The van der Waals surface area contributed by atoms with Gasteiger partial charge in [0.05, 0.1) is 0 Å². The van der Waals surface area contributed by atoms with E-state index in [0.717, 1.165) is 18.5 Å². The molecule has 19 heavy (non-hydrogen) atoms. The quantitative estimate of drug-likeness (QED) is 0.886. The second kappa shape index (κ2) is 6.48. The minimum absolute atomic E-state index is 0.0158. The molecule has 100 valence electrons. The van der Waals surface area contributed by atoms with Crippen LogP contribution in [0.5, 0.6) is 0 Å². The van der Waals surface area contributed by atoms with Gasteiger partial charge in [0.25, 0.3) is 0 Å². The lowest BCUT2D eigenvalue weighted by atomic mass is 9.96. The molecule has 0 amide bonds. The van der Waals surface area contributed by atoms with Crippen molar-refractivity contribution in [3.8, 4) is 0 Å². The fourth-order valence-electron chi connectivity index (χ4n) is 2.28. The van der Waals surface area contributed by atoms with Crippen molar-refractivity contribution in [1.29, 1.82) is 0 Å². The van der Waals surface area contributed by atoms with E-state index in [0.29, 0.717) is 5.92 Å². The van der Waals surface area contributed by atoms with Gasteiger partial charge in [0.1, 0.15) is 0 Å². The lowest BCUT2D eigenvalue weighted by molar-refractivity contribution is 0.643. The first-order valence-electron chi connectivity index (χ1n) is 6.89. The molecule has 0 fully saturated rings. The Morgan fingerprint density at radius 1 is 1.05 bits per heavy atom. The maximum atomic E-state index is 6.29. The number of nitrogens with two attached hydrogens (primary N) is 1. The topological polar surface area (TPSA) is 38.9 Å². The van der Waals surface area contributed by atoms with Gasteiger partial charge in [0, 0.05) is 24.4 Å². The van der Waals surface area contributed by atoms with Crippen LogP contribution in [0.2, 0.25) is 0 Å². The first-order valence-corrected chi connectivity index (χ1v) is 6.89. The van der Waals surface area contributed by atoms with E-state index >= 15 is 0 Å². The zero-order chi connectivity index (χ0) is 13.7. The van der Waals surface area contributed by atoms with Crippen LogP contribution in [-0.2, 0) is 12.8 Å². The van der Waals surface area contributed by atoms with Crippen LogP contribution >= 0.6 is 0 Å². The second-order valence-corrected chi connectivity index (χ2v) is 5.47. The van der Waals surface area contributed by atoms with Crippen LogP contribution in [0.15, 0.2) is 48.7 Å². The third-order valence-electron chi connectivity index (χ3n) is 3.18. The fraction of sp³-hybridized carbons (Fsp3) is 0.353. The predicted octanol–water partition coefficient (Wildman–Crippen LogP) is 3.52. The molecule has 1 atom stereocenters. The SMILES string of the molecule is CC(C)Cc1cccc(C(N)Cc2ccccn2)c1. The van der Waals surface area contributed by atoms with Crippen LogP contribution in [0.1, 0.15) is 36.7 Å². The smallest absolute Gasteiger partial charge is 0.0422 e. The van der Waals surface area contributed by atoms with E-state index in [1.165, 1.54) is 11.1 Å². The van der Waals surface area contributed by atoms with Crippen molar-refractivity contribution in [3.63, 3.8) is 0 Å². The van der Waals surface area contributed by atoms with Crippen LogP contribution in [-0.4, -0.2) is 4.98 Å². The Hall–Kier alpha value is -1.67. The molecule has 0 saturated heterocycles. The van der Waals surface area contributed by atoms with Crippen LogP contribution in [0, 0.1) is 5.92 Å². The van der Waals surface area contributed by atoms with Gasteiger partial charge in [0.15, 0.2) is 0 Å². The third kappa shape index (κ3) is 4.18. The van der Waals surface area contributed by atoms with Crippen molar-refractivity contribution >= 4 is 0 Å². The Kier molecular flexibility index (Phi) is 4.69. The molecule has 2 N–H and O–H groups in total. The Bertz CT molecular complexity index is 506. The molecule has 0 spiro atoms. The summed E-state index contributed by atoms with van der Waals surface area (Å²) in [6.07, 6.45) is 3.70. The van der Waals surface area contributed by atoms with Gasteiger partial charge in [-0.3, -0.25) is 4.98 Å². The van der Waals surface area contributed by atoms with Gasteiger partial charge in [0.2, 0.25) is 0 Å². The van der Waals surface area contributed by atoms with Crippen LogP contribution in [0.3, 0.4) is 0 Å². The van der Waals surface area contributed by atoms with Crippen LogP contribution < -0.4 is 5.73 Å². The van der Waals surface area contributed by atoms with E-state index in [-0.39, 0.29) is 6.04 Å². The van der Waals surface area contributed by atoms with E-state index in [1.807, 2.05) is 24.4 Å². The zero-order valence-electron chi connectivity index (χ0n) is 11.7. The highest BCUT2D eigenvalue weighted by atomic mass is 14.7. The number of aromatic nitrogens is 1. The summed E-state index contributed by atoms with van der Waals surface area (Å²) in [5, 5.41) is 0. The summed E-state index contributed by atoms with van der Waals surface area (Å²) in [5.74, 6) is 0.669. The van der Waals surface area contributed by atoms with Crippen molar-refractivity contribution in [1.82, 2.24) is 4.98 Å². The van der Waals surface area contributed by atoms with Crippen molar-refractivity contribution in [3.05, 3.63) is 65.5 Å². The monoisotopic (exact) mass is 254 g/mol. The maximum Gasteiger partial charge on any atom is 0.0422 e. The molecule has 1 aromatic carbocycles. The van der Waals surface area contributed by atoms with Gasteiger partial charge in [-0.15, -0.1) is 0 Å². The molecule has 0 bridgehead atoms. The Balaban J connectivity index is 2.08. The number of hydrogen-bond acceptors (Lipinski definition) is 2. The van der Waals surface area contributed by atoms with Gasteiger partial charge >= 0.3 is 0 Å². The summed E-state index contributed by atoms with van der Waals surface area (Å²) < 4.78 is 0. The average Bonchev–Trinajstić information content (AvgIpc) is 2.39. The first kappa shape index (κ1) is 13.8. The third-order valence-corrected chi connectivity index (χ3v) is 3.18. The summed E-state index contributed by atoms with van der Waals surface area (Å²) >= 11 is 0. The van der Waals surface area contributed by atoms with Crippen molar-refractivity contribution in [2.45, 2.75) is 32.7 Å². The number of pyridine rings is 1. The molecule has 0 radical (unpaired) electrons. The molecule has 1 aromatic heterocycles. The molecular formula is C17H22N2. The molecular weight excluding hydrogens is 232 g/mol. The lowest BCUT2D eigenvalue weighted by Gasteiger charge is -2.13. The van der Waals surface area contributed by atoms with Gasteiger partial charge < -0.3 is 5.73 Å². The molecule has 2 heteroatoms. The normalized spacial score (nSPS) is 12.6. The molecule has 0 aliphatic carbocycles. The minimum Gasteiger partial charge on any atom is -0.324 e. The van der Waals surface area contributed by atoms with Crippen molar-refractivity contribution < 1.29 is 0 Å². The average molecular weight is 254 g/mol.